The number of methoxy groups -OCH3 is 2. The summed E-state index contributed by atoms with van der Waals surface area (Å²) in [5.74, 6) is -3.45. The molecule has 0 radical (unpaired) electrons. The summed E-state index contributed by atoms with van der Waals surface area (Å²) in [4.78, 5) is 60.1. The van der Waals surface area contributed by atoms with E-state index < -0.39 is 72.2 Å². The van der Waals surface area contributed by atoms with Gasteiger partial charge in [-0.1, -0.05) is 56.3 Å². The highest BCUT2D eigenvalue weighted by molar-refractivity contribution is 6.05. The molecule has 3 aliphatic heterocycles. The van der Waals surface area contributed by atoms with E-state index in [2.05, 4.69) is 18.5 Å². The molecule has 3 saturated heterocycles. The summed E-state index contributed by atoms with van der Waals surface area (Å²) in [5, 5.41) is 13.6. The summed E-state index contributed by atoms with van der Waals surface area (Å²) in [7, 11) is 3.05. The van der Waals surface area contributed by atoms with Gasteiger partial charge >= 0.3 is 5.97 Å². The lowest BCUT2D eigenvalue weighted by atomic mass is 9.70. The second-order valence-corrected chi connectivity index (χ2v) is 14.0. The number of aliphatic hydroxyl groups is 1. The molecule has 280 valence electrons. The number of ether oxygens (including phenoxy) is 4. The quantitative estimate of drug-likeness (QED) is 0.173. The average molecular weight is 718 g/mol. The van der Waals surface area contributed by atoms with E-state index in [1.807, 2.05) is 32.0 Å². The van der Waals surface area contributed by atoms with E-state index in [0.29, 0.717) is 36.3 Å². The smallest absolute Gasteiger partial charge is 0.313 e. The molecule has 2 aromatic rings. The third-order valence-electron chi connectivity index (χ3n) is 10.5. The highest BCUT2D eigenvalue weighted by Gasteiger charge is 2.76. The fourth-order valence-corrected chi connectivity index (χ4v) is 8.10. The van der Waals surface area contributed by atoms with Crippen LogP contribution in [-0.4, -0.2) is 97.5 Å². The molecule has 3 aliphatic rings. The van der Waals surface area contributed by atoms with Gasteiger partial charge in [-0.25, -0.2) is 0 Å². The molecule has 8 atom stereocenters. The minimum absolute atomic E-state index is 0.0466. The molecule has 3 heterocycles. The maximum Gasteiger partial charge on any atom is 0.313 e. The van der Waals surface area contributed by atoms with Crippen molar-refractivity contribution in [2.24, 2.45) is 17.8 Å². The molecular formula is C40H51N3O9. The zero-order chi connectivity index (χ0) is 37.6. The van der Waals surface area contributed by atoms with E-state index in [9.17, 15) is 24.3 Å². The number of hydrogen-bond acceptors (Lipinski definition) is 9. The van der Waals surface area contributed by atoms with Gasteiger partial charge in [0.25, 0.3) is 5.91 Å². The molecule has 52 heavy (non-hydrogen) atoms. The lowest BCUT2D eigenvalue weighted by Crippen LogP contribution is -2.59. The van der Waals surface area contributed by atoms with Crippen LogP contribution < -0.4 is 15.0 Å². The van der Waals surface area contributed by atoms with Crippen LogP contribution in [0.1, 0.15) is 51.2 Å². The largest absolute Gasteiger partial charge is 0.497 e. The van der Waals surface area contributed by atoms with Gasteiger partial charge in [0.05, 0.1) is 50.3 Å². The zero-order valence-electron chi connectivity index (χ0n) is 30.4. The topological polar surface area (TPSA) is 144 Å². The number of carbonyl (C=O) groups is 4. The van der Waals surface area contributed by atoms with Crippen LogP contribution in [-0.2, 0) is 33.4 Å². The molecule has 2 bridgehead atoms. The first-order chi connectivity index (χ1) is 25.1. The summed E-state index contributed by atoms with van der Waals surface area (Å²) in [6.07, 6.45) is 3.07. The number of allylic oxidation sites excluding steroid dienone is 1. The standard InChI is InChI=1S/C40H51N3O9/c1-7-9-15-32(45)41-29(24-49-5)35(26-13-11-10-12-14-26)51-39(48)33-31-20-21-40(52-31)34(33)37(46)43(30(23-44)25(3)4)36(40)38(47)42(22-8-2)27-16-18-28(50-6)19-17-27/h7-8,10-14,16-19,25,29-31,33-36,44H,1-2,9,15,20-24H2,3-6H3,(H,41,45)/t29-,30-,31+,33-,34-,35-,36+,40-/m0/s1. The predicted octanol–water partition coefficient (Wildman–Crippen LogP) is 3.99. The fraction of sp³-hybridized carbons (Fsp3) is 0.500. The van der Waals surface area contributed by atoms with Crippen LogP contribution in [0, 0.1) is 17.8 Å². The Labute approximate surface area is 305 Å². The second-order valence-electron chi connectivity index (χ2n) is 14.0. The van der Waals surface area contributed by atoms with Crippen LogP contribution in [0.25, 0.3) is 0 Å². The zero-order valence-corrected chi connectivity index (χ0v) is 30.4. The van der Waals surface area contributed by atoms with Crippen molar-refractivity contribution in [3.63, 3.8) is 0 Å². The average Bonchev–Trinajstić information content (AvgIpc) is 3.79. The number of hydrogen-bond donors (Lipinski definition) is 2. The molecule has 1 spiro atoms. The van der Waals surface area contributed by atoms with Gasteiger partial charge in [-0.2, -0.15) is 0 Å². The molecule has 0 saturated carbocycles. The second kappa shape index (κ2) is 16.9. The number of nitrogens with zero attached hydrogens (tertiary/aromatic N) is 2. The molecular weight excluding hydrogens is 666 g/mol. The van der Waals surface area contributed by atoms with Gasteiger partial charge in [-0.3, -0.25) is 19.2 Å². The molecule has 2 aromatic carbocycles. The van der Waals surface area contributed by atoms with Gasteiger partial charge in [-0.05, 0) is 55.0 Å². The molecule has 3 amide bonds. The third-order valence-corrected chi connectivity index (χ3v) is 10.5. The fourth-order valence-electron chi connectivity index (χ4n) is 8.10. The van der Waals surface area contributed by atoms with Crippen LogP contribution in [0.2, 0.25) is 0 Å². The Morgan fingerprint density at radius 1 is 1.10 bits per heavy atom. The van der Waals surface area contributed by atoms with Crippen molar-refractivity contribution in [2.45, 2.75) is 75.5 Å². The lowest BCUT2D eigenvalue weighted by Gasteiger charge is -2.40. The number of likely N-dealkylation sites (tertiary alicyclic amines) is 1. The van der Waals surface area contributed by atoms with Crippen molar-refractivity contribution >= 4 is 29.4 Å². The molecule has 12 heteroatoms. The van der Waals surface area contributed by atoms with Crippen LogP contribution >= 0.6 is 0 Å². The van der Waals surface area contributed by atoms with Crippen molar-refractivity contribution in [3.8, 4) is 5.75 Å². The van der Waals surface area contributed by atoms with Crippen LogP contribution in [0.3, 0.4) is 0 Å². The highest BCUT2D eigenvalue weighted by atomic mass is 16.6. The Balaban J connectivity index is 1.53. The van der Waals surface area contributed by atoms with Crippen LogP contribution in [0.5, 0.6) is 5.75 Å². The van der Waals surface area contributed by atoms with E-state index >= 15 is 0 Å². The monoisotopic (exact) mass is 717 g/mol. The maximum atomic E-state index is 14.9. The number of carbonyl (C=O) groups excluding carboxylic acids is 4. The van der Waals surface area contributed by atoms with Gasteiger partial charge in [-0.15, -0.1) is 13.2 Å². The molecule has 12 nitrogen and oxygen atoms in total. The Morgan fingerprint density at radius 3 is 2.40 bits per heavy atom. The SMILES string of the molecule is C=CCCC(=O)N[C@@H](COC)[C@@H](OC(=O)[C@@H]1[C@H]2C(=O)N([C@@H](CO)C(C)C)[C@H](C(=O)N(CC=C)c3ccc(OC)cc3)[C@]23CC[C@H]1O3)c1ccccc1. The number of nitrogens with one attached hydrogen (secondary N) is 1. The molecule has 0 aromatic heterocycles. The minimum atomic E-state index is -1.34. The van der Waals surface area contributed by atoms with Crippen molar-refractivity contribution in [3.05, 3.63) is 85.5 Å². The third kappa shape index (κ3) is 7.37. The van der Waals surface area contributed by atoms with Crippen molar-refractivity contribution in [1.82, 2.24) is 10.2 Å². The van der Waals surface area contributed by atoms with Gasteiger partial charge in [0.2, 0.25) is 11.8 Å². The molecule has 0 unspecified atom stereocenters. The van der Waals surface area contributed by atoms with Crippen LogP contribution in [0.15, 0.2) is 79.9 Å². The Bertz CT molecular complexity index is 1600. The van der Waals surface area contributed by atoms with Gasteiger partial charge in [0.1, 0.15) is 23.5 Å². The summed E-state index contributed by atoms with van der Waals surface area (Å²) in [6, 6.07) is 13.4. The number of anilines is 1. The molecule has 2 N–H and O–H groups in total. The Morgan fingerprint density at radius 2 is 1.81 bits per heavy atom. The number of aliphatic hydroxyl groups excluding tert-OH is 1. The normalized spacial score (nSPS) is 24.9. The predicted molar refractivity (Wildman–Crippen MR) is 194 cm³/mol. The minimum Gasteiger partial charge on any atom is -0.497 e. The summed E-state index contributed by atoms with van der Waals surface area (Å²) in [5.41, 5.74) is -0.145. The molecule has 0 aliphatic carbocycles. The first-order valence-corrected chi connectivity index (χ1v) is 17.9. The number of amides is 3. The Hall–Kier alpha value is -4.52. The van der Waals surface area contributed by atoms with Crippen molar-refractivity contribution in [2.75, 3.05) is 38.9 Å². The van der Waals surface area contributed by atoms with E-state index in [1.165, 1.54) is 12.0 Å². The number of fused-ring (bicyclic) bond motifs is 1. The summed E-state index contributed by atoms with van der Waals surface area (Å²) >= 11 is 0. The number of rotatable bonds is 18. The highest BCUT2D eigenvalue weighted by Crippen LogP contribution is 2.59. The van der Waals surface area contributed by atoms with E-state index in [-0.39, 0.29) is 31.4 Å². The first-order valence-electron chi connectivity index (χ1n) is 17.9. The Kier molecular flexibility index (Phi) is 12.6. The van der Waals surface area contributed by atoms with E-state index in [4.69, 9.17) is 18.9 Å². The van der Waals surface area contributed by atoms with Crippen molar-refractivity contribution in [1.29, 1.82) is 0 Å². The van der Waals surface area contributed by atoms with Gasteiger partial charge in [0.15, 0.2) is 0 Å². The van der Waals surface area contributed by atoms with E-state index in [1.54, 1.807) is 60.6 Å². The summed E-state index contributed by atoms with van der Waals surface area (Å²) in [6.45, 7) is 11.1. The van der Waals surface area contributed by atoms with Gasteiger partial charge < -0.3 is 39.2 Å². The first kappa shape index (κ1) is 38.7. The van der Waals surface area contributed by atoms with Gasteiger partial charge in [0, 0.05) is 25.8 Å². The summed E-state index contributed by atoms with van der Waals surface area (Å²) < 4.78 is 23.8. The molecule has 3 fully saturated rings. The van der Waals surface area contributed by atoms with Crippen molar-refractivity contribution < 1.29 is 43.2 Å². The number of benzene rings is 2. The lowest BCUT2D eigenvalue weighted by molar-refractivity contribution is -0.163. The van der Waals surface area contributed by atoms with Crippen LogP contribution in [0.4, 0.5) is 5.69 Å². The molecule has 5 rings (SSSR count). The van der Waals surface area contributed by atoms with E-state index in [0.717, 1.165) is 0 Å². The maximum absolute atomic E-state index is 14.9. The number of esters is 1.